The molecule has 1 atom stereocenters. The number of ketones is 1. The number of carbonyl (C=O) groups excluding carboxylic acids is 1. The Hall–Kier alpha value is -4.34. The van der Waals surface area contributed by atoms with E-state index in [1.54, 1.807) is 36.4 Å². The van der Waals surface area contributed by atoms with Gasteiger partial charge in [-0.15, -0.1) is 0 Å². The number of para-hydroxylation sites is 2. The number of nitrogens with one attached hydrogen (secondary N) is 2. The van der Waals surface area contributed by atoms with Gasteiger partial charge in [-0.05, 0) is 41.5 Å². The first-order valence-electron chi connectivity index (χ1n) is 11.0. The normalized spacial score (nSPS) is 16.9. The highest BCUT2D eigenvalue weighted by Gasteiger charge is 2.33. The van der Waals surface area contributed by atoms with Crippen LogP contribution in [0.5, 0.6) is 0 Å². The summed E-state index contributed by atoms with van der Waals surface area (Å²) in [6.45, 7) is 0. The molecule has 0 radical (unpaired) electrons. The summed E-state index contributed by atoms with van der Waals surface area (Å²) in [7, 11) is 0. The summed E-state index contributed by atoms with van der Waals surface area (Å²) in [6.07, 6.45) is -4.56. The molecule has 4 nitrogen and oxygen atoms in total. The molecule has 0 aromatic heterocycles. The van der Waals surface area contributed by atoms with Crippen molar-refractivity contribution in [1.29, 1.82) is 0 Å². The molecule has 1 unspecified atom stereocenters. The summed E-state index contributed by atoms with van der Waals surface area (Å²) < 4.78 is 77.9. The number of hydrogen-bond acceptors (Lipinski definition) is 4. The lowest BCUT2D eigenvalue weighted by Gasteiger charge is -2.24. The molecule has 0 spiro atoms. The Morgan fingerprint density at radius 2 is 1.32 bits per heavy atom. The van der Waals surface area contributed by atoms with E-state index in [4.69, 9.17) is 0 Å². The van der Waals surface area contributed by atoms with E-state index in [1.807, 2.05) is 0 Å². The van der Waals surface area contributed by atoms with Gasteiger partial charge in [0, 0.05) is 28.1 Å². The molecule has 10 heteroatoms. The lowest BCUT2D eigenvalue weighted by Crippen LogP contribution is -2.26. The van der Waals surface area contributed by atoms with Crippen LogP contribution < -0.4 is 10.6 Å². The number of benzene rings is 3. The van der Waals surface area contributed by atoms with Crippen LogP contribution in [0.3, 0.4) is 0 Å². The third kappa shape index (κ3) is 5.13. The van der Waals surface area contributed by atoms with E-state index in [0.29, 0.717) is 22.4 Å². The van der Waals surface area contributed by atoms with Crippen LogP contribution in [0.15, 0.2) is 90.0 Å². The van der Waals surface area contributed by atoms with Gasteiger partial charge < -0.3 is 0 Å². The van der Waals surface area contributed by atoms with Gasteiger partial charge in [0.25, 0.3) is 0 Å². The molecule has 1 aliphatic heterocycles. The molecule has 2 aliphatic rings. The van der Waals surface area contributed by atoms with Crippen molar-refractivity contribution in [1.82, 2.24) is 0 Å². The van der Waals surface area contributed by atoms with Crippen LogP contribution in [0.25, 0.3) is 16.7 Å². The van der Waals surface area contributed by atoms with E-state index in [1.165, 1.54) is 59.2 Å². The van der Waals surface area contributed by atoms with Crippen molar-refractivity contribution < 1.29 is 31.1 Å². The molecular weight excluding hydrogens is 496 g/mol. The van der Waals surface area contributed by atoms with E-state index in [9.17, 15) is 31.1 Å². The topological polar surface area (TPSA) is 53.5 Å². The first-order valence-corrected chi connectivity index (χ1v) is 11.0. The predicted octanol–water partition coefficient (Wildman–Crippen LogP) is 7.76. The van der Waals surface area contributed by atoms with Gasteiger partial charge in [-0.1, -0.05) is 54.6 Å². The Morgan fingerprint density at radius 1 is 0.730 bits per heavy atom. The van der Waals surface area contributed by atoms with Gasteiger partial charge in [0.05, 0.1) is 17.3 Å². The number of nitrogens with zero attached hydrogens (tertiary/aromatic N) is 1. The smallest absolute Gasteiger partial charge is 0.297 e. The van der Waals surface area contributed by atoms with Crippen LogP contribution >= 0.6 is 0 Å². The van der Waals surface area contributed by atoms with Gasteiger partial charge in [0.2, 0.25) is 0 Å². The number of alkyl halides is 6. The number of halogens is 6. The van der Waals surface area contributed by atoms with Crippen LogP contribution in [0.4, 0.5) is 43.4 Å². The molecule has 1 aliphatic carbocycles. The fourth-order valence-electron chi connectivity index (χ4n) is 4.39. The molecule has 188 valence electrons. The number of Topliss-reactive ketones (excluding diaryl/α,β-unsaturated/α-hetero) is 1. The SMILES string of the molecule is O=C1c2ccc(-c3ccccc3NC(F)(F)F)cc2N=C2C=C(c3ccccc3NC(F)(F)F)C=CC12. The van der Waals surface area contributed by atoms with Crippen molar-refractivity contribution in [3.63, 3.8) is 0 Å². The Labute approximate surface area is 207 Å². The van der Waals surface area contributed by atoms with Crippen molar-refractivity contribution in [2.24, 2.45) is 10.9 Å². The maximum atomic E-state index is 13.2. The van der Waals surface area contributed by atoms with Crippen LogP contribution in [-0.2, 0) is 0 Å². The van der Waals surface area contributed by atoms with Crippen molar-refractivity contribution in [2.45, 2.75) is 12.6 Å². The third-order valence-electron chi connectivity index (χ3n) is 5.91. The second kappa shape index (κ2) is 8.95. The first kappa shape index (κ1) is 24.4. The Bertz CT molecular complexity index is 1480. The van der Waals surface area contributed by atoms with Crippen LogP contribution in [0.1, 0.15) is 15.9 Å². The minimum atomic E-state index is -4.64. The monoisotopic (exact) mass is 513 g/mol. The van der Waals surface area contributed by atoms with Gasteiger partial charge in [-0.2, -0.15) is 26.3 Å². The quantitative estimate of drug-likeness (QED) is 0.277. The average molecular weight is 513 g/mol. The predicted molar refractivity (Wildman–Crippen MR) is 130 cm³/mol. The number of rotatable bonds is 4. The molecule has 5 rings (SSSR count). The molecule has 0 saturated carbocycles. The molecular formula is C27H17F6N3O. The van der Waals surface area contributed by atoms with E-state index in [0.717, 1.165) is 0 Å². The molecule has 3 aromatic carbocycles. The van der Waals surface area contributed by atoms with Gasteiger partial charge in [-0.25, -0.2) is 0 Å². The second-order valence-electron chi connectivity index (χ2n) is 8.41. The summed E-state index contributed by atoms with van der Waals surface area (Å²) in [5.74, 6) is -0.981. The average Bonchev–Trinajstić information content (AvgIpc) is 2.82. The molecule has 3 aromatic rings. The largest absolute Gasteiger partial charge is 0.482 e. The van der Waals surface area contributed by atoms with Gasteiger partial charge in [0.15, 0.2) is 5.78 Å². The molecule has 0 fully saturated rings. The van der Waals surface area contributed by atoms with Gasteiger partial charge in [-0.3, -0.25) is 20.4 Å². The number of allylic oxidation sites excluding steroid dienone is 4. The Kier molecular flexibility index (Phi) is 5.89. The summed E-state index contributed by atoms with van der Waals surface area (Å²) >= 11 is 0. The summed E-state index contributed by atoms with van der Waals surface area (Å²) in [4.78, 5) is 17.7. The highest BCUT2D eigenvalue weighted by atomic mass is 19.4. The lowest BCUT2D eigenvalue weighted by atomic mass is 9.83. The maximum Gasteiger partial charge on any atom is 0.482 e. The van der Waals surface area contributed by atoms with E-state index < -0.39 is 18.5 Å². The van der Waals surface area contributed by atoms with Crippen molar-refractivity contribution in [3.05, 3.63) is 96.1 Å². The van der Waals surface area contributed by atoms with Crippen LogP contribution in [-0.4, -0.2) is 24.1 Å². The number of hydrogen-bond donors (Lipinski definition) is 2. The Balaban J connectivity index is 1.55. The summed E-state index contributed by atoms with van der Waals surface area (Å²) in [5, 5.41) is 3.04. The minimum absolute atomic E-state index is 0.149. The maximum absolute atomic E-state index is 13.2. The minimum Gasteiger partial charge on any atom is -0.297 e. The second-order valence-corrected chi connectivity index (χ2v) is 8.41. The number of carbonyl (C=O) groups is 1. The lowest BCUT2D eigenvalue weighted by molar-refractivity contribution is -0.101. The fraction of sp³-hybridized carbons (Fsp3) is 0.111. The molecule has 2 N–H and O–H groups in total. The Morgan fingerprint density at radius 3 is 1.97 bits per heavy atom. The highest BCUT2D eigenvalue weighted by molar-refractivity contribution is 6.25. The van der Waals surface area contributed by atoms with E-state index in [2.05, 4.69) is 4.99 Å². The fourth-order valence-corrected chi connectivity index (χ4v) is 4.39. The zero-order valence-electron chi connectivity index (χ0n) is 18.8. The number of fused-ring (bicyclic) bond motifs is 2. The third-order valence-corrected chi connectivity index (χ3v) is 5.91. The standard InChI is InChI=1S/C27H17F6N3O/c28-26(29,30)35-21-7-3-1-5-17(21)15-9-11-19-23(13-15)34-24-14-16(10-12-20(24)25(19)37)18-6-2-4-8-22(18)36-27(31,32)33/h1-14,19,35-36H. The van der Waals surface area contributed by atoms with Crippen LogP contribution in [0, 0.1) is 5.92 Å². The zero-order chi connectivity index (χ0) is 26.4. The number of anilines is 2. The molecule has 1 heterocycles. The van der Waals surface area contributed by atoms with E-state index >= 15 is 0 Å². The van der Waals surface area contributed by atoms with Gasteiger partial charge in [0.1, 0.15) is 0 Å². The van der Waals surface area contributed by atoms with Crippen molar-refractivity contribution >= 4 is 34.1 Å². The van der Waals surface area contributed by atoms with Crippen LogP contribution in [0.2, 0.25) is 0 Å². The highest BCUT2D eigenvalue weighted by Crippen LogP contribution is 2.39. The number of aliphatic imine (C=N–C) groups is 1. The van der Waals surface area contributed by atoms with Crippen molar-refractivity contribution in [3.8, 4) is 11.1 Å². The molecule has 37 heavy (non-hydrogen) atoms. The molecule has 0 saturated heterocycles. The molecule has 0 amide bonds. The zero-order valence-corrected chi connectivity index (χ0v) is 18.8. The summed E-state index contributed by atoms with van der Waals surface area (Å²) in [6, 6.07) is 16.4. The molecule has 0 bridgehead atoms. The first-order chi connectivity index (χ1) is 17.5. The van der Waals surface area contributed by atoms with E-state index in [-0.39, 0.29) is 34.0 Å². The summed E-state index contributed by atoms with van der Waals surface area (Å²) in [5.41, 5.74) is 1.98. The van der Waals surface area contributed by atoms with Gasteiger partial charge >= 0.3 is 12.6 Å². The van der Waals surface area contributed by atoms with Crippen molar-refractivity contribution in [2.75, 3.05) is 10.6 Å².